The average molecular weight is 174 g/mol. The minimum Gasteiger partial charge on any atom is -0.357 e. The molecule has 0 amide bonds. The number of H-pyrrole nitrogens is 1. The van der Waals surface area contributed by atoms with Crippen molar-refractivity contribution in [1.29, 1.82) is 5.26 Å². The van der Waals surface area contributed by atoms with Crippen molar-refractivity contribution in [2.75, 3.05) is 0 Å². The normalized spacial score (nSPS) is 10.2. The minimum absolute atomic E-state index is 0.293. The summed E-state index contributed by atoms with van der Waals surface area (Å²) in [6.07, 6.45) is 0. The van der Waals surface area contributed by atoms with Crippen LogP contribution < -0.4 is 0 Å². The highest BCUT2D eigenvalue weighted by molar-refractivity contribution is 5.86. The van der Waals surface area contributed by atoms with Gasteiger partial charge in [-0.1, -0.05) is 0 Å². The van der Waals surface area contributed by atoms with E-state index in [4.69, 9.17) is 5.26 Å². The molecule has 2 aromatic rings. The van der Waals surface area contributed by atoms with Gasteiger partial charge in [-0.25, -0.2) is 4.39 Å². The summed E-state index contributed by atoms with van der Waals surface area (Å²) in [6.45, 7) is 1.83. The highest BCUT2D eigenvalue weighted by Gasteiger charge is 2.07. The highest BCUT2D eigenvalue weighted by atomic mass is 19.1. The van der Waals surface area contributed by atoms with Gasteiger partial charge in [-0.3, -0.25) is 0 Å². The summed E-state index contributed by atoms with van der Waals surface area (Å²) in [5.74, 6) is -0.293. The molecule has 0 saturated heterocycles. The summed E-state index contributed by atoms with van der Waals surface area (Å²) in [4.78, 5) is 2.96. The van der Waals surface area contributed by atoms with E-state index in [1.165, 1.54) is 12.1 Å². The lowest BCUT2D eigenvalue weighted by molar-refractivity contribution is 0.640. The summed E-state index contributed by atoms with van der Waals surface area (Å²) in [7, 11) is 0. The molecule has 1 N–H and O–H groups in total. The maximum absolute atomic E-state index is 13.2. The number of halogens is 1. The number of aryl methyl sites for hydroxylation is 1. The topological polar surface area (TPSA) is 39.6 Å². The van der Waals surface area contributed by atoms with Crippen LogP contribution in [0.1, 0.15) is 11.3 Å². The zero-order valence-corrected chi connectivity index (χ0v) is 7.06. The Bertz CT molecular complexity index is 505. The van der Waals surface area contributed by atoms with Gasteiger partial charge in [-0.2, -0.15) is 5.26 Å². The minimum atomic E-state index is -0.293. The number of benzene rings is 1. The van der Waals surface area contributed by atoms with Crippen LogP contribution in [-0.4, -0.2) is 4.98 Å². The first-order chi connectivity index (χ1) is 6.22. The molecule has 0 fully saturated rings. The van der Waals surface area contributed by atoms with Crippen LogP contribution in [0.3, 0.4) is 0 Å². The Hall–Kier alpha value is -1.82. The van der Waals surface area contributed by atoms with Crippen LogP contribution >= 0.6 is 0 Å². The number of aromatic amines is 1. The Morgan fingerprint density at radius 2 is 2.23 bits per heavy atom. The van der Waals surface area contributed by atoms with Gasteiger partial charge < -0.3 is 4.98 Å². The second-order valence-electron chi connectivity index (χ2n) is 2.95. The maximum atomic E-state index is 13.2. The van der Waals surface area contributed by atoms with Gasteiger partial charge in [-0.05, 0) is 25.1 Å². The zero-order chi connectivity index (χ0) is 9.42. The fourth-order valence-corrected chi connectivity index (χ4v) is 1.41. The van der Waals surface area contributed by atoms with Crippen LogP contribution in [-0.2, 0) is 0 Å². The Morgan fingerprint density at radius 1 is 1.46 bits per heavy atom. The first-order valence-corrected chi connectivity index (χ1v) is 3.90. The smallest absolute Gasteiger partial charge is 0.132 e. The lowest BCUT2D eigenvalue weighted by Gasteiger charge is -1.93. The van der Waals surface area contributed by atoms with E-state index in [0.717, 1.165) is 5.69 Å². The van der Waals surface area contributed by atoms with Crippen molar-refractivity contribution in [3.05, 3.63) is 35.3 Å². The van der Waals surface area contributed by atoms with Crippen LogP contribution in [0.5, 0.6) is 0 Å². The Balaban J connectivity index is 2.94. The molecule has 0 aliphatic rings. The van der Waals surface area contributed by atoms with Gasteiger partial charge in [0, 0.05) is 11.1 Å². The average Bonchev–Trinajstić information content (AvgIpc) is 2.48. The zero-order valence-electron chi connectivity index (χ0n) is 7.06. The monoisotopic (exact) mass is 174 g/mol. The molecule has 3 heteroatoms. The number of rotatable bonds is 0. The molecule has 0 spiro atoms. The third-order valence-corrected chi connectivity index (χ3v) is 2.00. The number of nitriles is 1. The number of hydrogen-bond donors (Lipinski definition) is 1. The maximum Gasteiger partial charge on any atom is 0.132 e. The van der Waals surface area contributed by atoms with E-state index in [1.54, 1.807) is 6.07 Å². The third kappa shape index (κ3) is 1.07. The Labute approximate surface area is 74.6 Å². The third-order valence-electron chi connectivity index (χ3n) is 2.00. The van der Waals surface area contributed by atoms with Gasteiger partial charge in [-0.15, -0.1) is 0 Å². The second kappa shape index (κ2) is 2.60. The molecule has 1 aromatic heterocycles. The molecule has 0 bridgehead atoms. The number of aromatic nitrogens is 1. The fourth-order valence-electron chi connectivity index (χ4n) is 1.41. The molecule has 13 heavy (non-hydrogen) atoms. The highest BCUT2D eigenvalue weighted by Crippen LogP contribution is 2.21. The standard InChI is InChI=1S/C10H7FN2/c1-6-4-8-9(11)3-2-7(5-12)10(8)13-6/h2-4,13H,1H3. The molecule has 64 valence electrons. The summed E-state index contributed by atoms with van der Waals surface area (Å²) < 4.78 is 13.2. The van der Waals surface area contributed by atoms with Crippen molar-refractivity contribution in [3.63, 3.8) is 0 Å². The van der Waals surface area contributed by atoms with Gasteiger partial charge in [0.1, 0.15) is 11.9 Å². The molecule has 0 radical (unpaired) electrons. The first kappa shape index (κ1) is 7.81. The van der Waals surface area contributed by atoms with Crippen molar-refractivity contribution < 1.29 is 4.39 Å². The van der Waals surface area contributed by atoms with Crippen molar-refractivity contribution in [3.8, 4) is 6.07 Å². The fraction of sp³-hybridized carbons (Fsp3) is 0.100. The number of nitrogens with zero attached hydrogens (tertiary/aromatic N) is 1. The van der Waals surface area contributed by atoms with Gasteiger partial charge in [0.15, 0.2) is 0 Å². The van der Waals surface area contributed by atoms with Crippen LogP contribution in [0.4, 0.5) is 4.39 Å². The summed E-state index contributed by atoms with van der Waals surface area (Å²) in [5, 5.41) is 9.23. The SMILES string of the molecule is Cc1cc2c(F)ccc(C#N)c2[nH]1. The number of hydrogen-bond acceptors (Lipinski definition) is 1. The summed E-state index contributed by atoms with van der Waals surface area (Å²) >= 11 is 0. The summed E-state index contributed by atoms with van der Waals surface area (Å²) in [6, 6.07) is 6.51. The lowest BCUT2D eigenvalue weighted by Crippen LogP contribution is -1.81. The Kier molecular flexibility index (Phi) is 1.56. The van der Waals surface area contributed by atoms with E-state index in [-0.39, 0.29) is 5.82 Å². The first-order valence-electron chi connectivity index (χ1n) is 3.90. The van der Waals surface area contributed by atoms with Crippen LogP contribution in [0, 0.1) is 24.1 Å². The molecule has 0 aliphatic carbocycles. The number of nitrogens with one attached hydrogen (secondary N) is 1. The van der Waals surface area contributed by atoms with Gasteiger partial charge in [0.2, 0.25) is 0 Å². The van der Waals surface area contributed by atoms with Crippen molar-refractivity contribution >= 4 is 10.9 Å². The van der Waals surface area contributed by atoms with E-state index in [2.05, 4.69) is 4.98 Å². The van der Waals surface area contributed by atoms with Crippen LogP contribution in [0.15, 0.2) is 18.2 Å². The molecule has 0 unspecified atom stereocenters. The van der Waals surface area contributed by atoms with E-state index < -0.39 is 0 Å². The molecule has 0 saturated carbocycles. The van der Waals surface area contributed by atoms with E-state index in [1.807, 2.05) is 13.0 Å². The molecule has 0 atom stereocenters. The summed E-state index contributed by atoms with van der Waals surface area (Å²) in [5.41, 5.74) is 1.92. The van der Waals surface area contributed by atoms with Gasteiger partial charge in [0.05, 0.1) is 11.1 Å². The molecule has 2 rings (SSSR count). The molecular weight excluding hydrogens is 167 g/mol. The lowest BCUT2D eigenvalue weighted by atomic mass is 10.1. The predicted octanol–water partition coefficient (Wildman–Crippen LogP) is 2.49. The molecule has 1 heterocycles. The second-order valence-corrected chi connectivity index (χ2v) is 2.95. The van der Waals surface area contributed by atoms with E-state index in [9.17, 15) is 4.39 Å². The van der Waals surface area contributed by atoms with E-state index in [0.29, 0.717) is 16.5 Å². The van der Waals surface area contributed by atoms with Gasteiger partial charge >= 0.3 is 0 Å². The Morgan fingerprint density at radius 3 is 2.92 bits per heavy atom. The molecular formula is C10H7FN2. The van der Waals surface area contributed by atoms with Crippen molar-refractivity contribution in [2.24, 2.45) is 0 Å². The quantitative estimate of drug-likeness (QED) is 0.654. The van der Waals surface area contributed by atoms with Crippen molar-refractivity contribution in [2.45, 2.75) is 6.92 Å². The largest absolute Gasteiger partial charge is 0.357 e. The predicted molar refractivity (Wildman–Crippen MR) is 47.7 cm³/mol. The van der Waals surface area contributed by atoms with E-state index >= 15 is 0 Å². The van der Waals surface area contributed by atoms with Crippen LogP contribution in [0.25, 0.3) is 10.9 Å². The molecule has 1 aromatic carbocycles. The molecule has 2 nitrogen and oxygen atoms in total. The van der Waals surface area contributed by atoms with Crippen LogP contribution in [0.2, 0.25) is 0 Å². The number of fused-ring (bicyclic) bond motifs is 1. The van der Waals surface area contributed by atoms with Crippen molar-refractivity contribution in [1.82, 2.24) is 4.98 Å². The van der Waals surface area contributed by atoms with Gasteiger partial charge in [0.25, 0.3) is 0 Å². The molecule has 0 aliphatic heterocycles.